The highest BCUT2D eigenvalue weighted by molar-refractivity contribution is 7.18. The molecular formula is C70H55Cl3F2N6O6S2. The molecule has 0 fully saturated rings. The lowest BCUT2D eigenvalue weighted by atomic mass is 10.0. The van der Waals surface area contributed by atoms with Crippen LogP contribution in [-0.2, 0) is 25.7 Å². The monoisotopic (exact) mass is 1280 g/mol. The molecule has 89 heavy (non-hydrogen) atoms. The van der Waals surface area contributed by atoms with Crippen LogP contribution in [-0.4, -0.2) is 57.6 Å². The van der Waals surface area contributed by atoms with Gasteiger partial charge >= 0.3 is 0 Å². The molecule has 19 heteroatoms. The number of rotatable bonds is 11. The number of nitrogens with zero attached hydrogens (tertiary/aromatic N) is 4. The predicted octanol–water partition coefficient (Wildman–Crippen LogP) is 16.6. The molecule has 0 atom stereocenters. The molecule has 0 radical (unpaired) electrons. The molecule has 12 nitrogen and oxygen atoms in total. The number of nitrogens with one attached hydrogen (secondary N) is 1. The largest absolute Gasteiger partial charge is 0.399 e. The number of anilines is 4. The fourth-order valence-electron chi connectivity index (χ4n) is 10.4. The van der Waals surface area contributed by atoms with Gasteiger partial charge < -0.3 is 20.9 Å². The minimum atomic E-state index is -0.578. The van der Waals surface area contributed by atoms with Gasteiger partial charge in [-0.3, -0.25) is 28.8 Å². The number of hydrogen-bond acceptors (Lipinski definition) is 11. The highest BCUT2D eigenvalue weighted by Crippen LogP contribution is 2.44. The third-order valence-corrected chi connectivity index (χ3v) is 18.4. The molecule has 0 aliphatic carbocycles. The van der Waals surface area contributed by atoms with Gasteiger partial charge in [0.15, 0.2) is 11.6 Å². The summed E-state index contributed by atoms with van der Waals surface area (Å²) in [6.07, 6.45) is 4.36. The van der Waals surface area contributed by atoms with Crippen LogP contribution >= 0.6 is 57.5 Å². The van der Waals surface area contributed by atoms with Crippen molar-refractivity contribution < 1.29 is 37.5 Å². The summed E-state index contributed by atoms with van der Waals surface area (Å²) in [6, 6.07) is 45.8. The Morgan fingerprint density at radius 1 is 0.551 bits per heavy atom. The number of pyridine rings is 2. The number of aromatic nitrogens is 2. The number of halogens is 5. The van der Waals surface area contributed by atoms with Gasteiger partial charge in [-0.25, -0.2) is 18.7 Å². The van der Waals surface area contributed by atoms with Crippen molar-refractivity contribution in [3.8, 4) is 20.9 Å². The van der Waals surface area contributed by atoms with E-state index in [0.717, 1.165) is 65.6 Å². The second kappa shape index (κ2) is 27.6. The molecule has 0 bridgehead atoms. The fraction of sp³-hybridized carbons (Fsp3) is 0.143. The third-order valence-electron chi connectivity index (χ3n) is 15.1. The van der Waals surface area contributed by atoms with Crippen LogP contribution in [0.2, 0.25) is 10.3 Å². The molecule has 3 N–H and O–H groups in total. The molecule has 0 saturated carbocycles. The smallest absolute Gasteiger partial charge is 0.258 e. The van der Waals surface area contributed by atoms with Gasteiger partial charge in [-0.05, 0) is 194 Å². The summed E-state index contributed by atoms with van der Waals surface area (Å²) in [4.78, 5) is 91.3. The summed E-state index contributed by atoms with van der Waals surface area (Å²) in [7, 11) is 0. The van der Waals surface area contributed by atoms with Crippen molar-refractivity contribution >= 4 is 115 Å². The molecule has 6 heterocycles. The number of benzene rings is 6. The van der Waals surface area contributed by atoms with Gasteiger partial charge in [0.25, 0.3) is 23.0 Å². The number of thiophene rings is 2. The molecule has 10 aromatic rings. The molecule has 2 aliphatic rings. The molecule has 3 amide bonds. The molecule has 12 rings (SSSR count). The zero-order valence-electron chi connectivity index (χ0n) is 48.4. The molecule has 2 aliphatic heterocycles. The molecule has 448 valence electrons. The molecule has 0 unspecified atom stereocenters. The van der Waals surface area contributed by atoms with Crippen molar-refractivity contribution in [2.24, 2.45) is 0 Å². The third kappa shape index (κ3) is 14.3. The quantitative estimate of drug-likeness (QED) is 0.0553. The van der Waals surface area contributed by atoms with E-state index < -0.39 is 5.24 Å². The number of aryl methyl sites for hydroxylation is 4. The van der Waals surface area contributed by atoms with E-state index in [1.807, 2.05) is 87.5 Å². The lowest BCUT2D eigenvalue weighted by molar-refractivity contribution is 0.0979. The van der Waals surface area contributed by atoms with Crippen LogP contribution in [0.5, 0.6) is 0 Å². The number of amides is 3. The maximum atomic E-state index is 14.4. The summed E-state index contributed by atoms with van der Waals surface area (Å²) >= 11 is 19.7. The van der Waals surface area contributed by atoms with Crippen LogP contribution in [0, 0.1) is 39.3 Å². The minimum Gasteiger partial charge on any atom is -0.399 e. The number of Topliss-reactive ketones (excluding diaryl/α,β-unsaturated/α-hetero) is 2. The van der Waals surface area contributed by atoms with Crippen LogP contribution in [0.1, 0.15) is 105 Å². The number of hydrogen-bond donors (Lipinski definition) is 2. The lowest BCUT2D eigenvalue weighted by Gasteiger charge is -2.23. The van der Waals surface area contributed by atoms with Gasteiger partial charge in [0.1, 0.15) is 21.9 Å². The standard InChI is InChI=1S/C35H27ClFN3O3S.C28H23FN2O2S.C7H5Cl2NO/c1-20-16-27(33(36)38-19-20)34(42)39-24-12-10-22(11-13-24)35(43)40-15-14-23-17-31(44-32(23)25-7-3-4-9-29(25)40)30(41)18-26-21(2)6-5-8-28(26)37;1-17-5-4-7-23(29)22(17)16-25(32)26-15-19-13-14-31(28(33)18-9-11-20(30)12-10-18)24-8-3-2-6-21(24)27(19)34-26;1-4-2-5(7(9)11)6(8)10-3-4/h3-13,16-17,19H,14-15,18H2,1-2H3,(H,39,42);2-12,15H,13-14,16,30H2,1H3;2-3H,1H3. The number of carbonyl (C=O) groups excluding carboxylic acids is 6. The van der Waals surface area contributed by atoms with Crippen LogP contribution < -0.4 is 20.9 Å². The number of ketones is 2. The Bertz CT molecular complexity index is 4380. The van der Waals surface area contributed by atoms with Crippen LogP contribution in [0.15, 0.2) is 170 Å². The highest BCUT2D eigenvalue weighted by Gasteiger charge is 2.30. The summed E-state index contributed by atoms with van der Waals surface area (Å²) in [5.41, 5.74) is 17.9. The first-order valence-electron chi connectivity index (χ1n) is 28.1. The SMILES string of the molecule is Cc1cccc(F)c1CC(=O)c1cc2c(s1)-c1ccccc1N(C(=O)c1ccc(N)cc1)CC2.Cc1cnc(Cl)c(C(=O)Cl)c1.Cc1cnc(Cl)c(C(=O)Nc2ccc(C(=O)N3CCc4cc(C(=O)Cc5c(C)cccc5F)sc4-c4ccccc43)cc2)c1. The summed E-state index contributed by atoms with van der Waals surface area (Å²) in [5.74, 6) is -1.61. The number of carbonyl (C=O) groups is 6. The van der Waals surface area contributed by atoms with Crippen molar-refractivity contribution in [3.63, 3.8) is 0 Å². The minimum absolute atomic E-state index is 0.00444. The predicted molar refractivity (Wildman–Crippen MR) is 352 cm³/mol. The van der Waals surface area contributed by atoms with Gasteiger partial charge in [-0.1, -0.05) is 83.9 Å². The molecule has 6 aromatic carbocycles. The van der Waals surface area contributed by atoms with Crippen molar-refractivity contribution in [1.82, 2.24) is 9.97 Å². The Labute approximate surface area is 535 Å². The van der Waals surface area contributed by atoms with Crippen LogP contribution in [0.4, 0.5) is 31.5 Å². The highest BCUT2D eigenvalue weighted by atomic mass is 35.5. The zero-order valence-corrected chi connectivity index (χ0v) is 52.3. The summed E-state index contributed by atoms with van der Waals surface area (Å²) < 4.78 is 28.7. The van der Waals surface area contributed by atoms with Crippen molar-refractivity contribution in [2.75, 3.05) is 33.9 Å². The topological polar surface area (TPSA) is 173 Å². The normalized spacial score (nSPS) is 12.1. The van der Waals surface area contributed by atoms with Gasteiger partial charge in [0.2, 0.25) is 0 Å². The van der Waals surface area contributed by atoms with Gasteiger partial charge in [0.05, 0.1) is 32.3 Å². The van der Waals surface area contributed by atoms with Crippen molar-refractivity contribution in [1.29, 1.82) is 0 Å². The van der Waals surface area contributed by atoms with E-state index in [1.54, 1.807) is 108 Å². The van der Waals surface area contributed by atoms with E-state index in [-0.39, 0.29) is 75.2 Å². The van der Waals surface area contributed by atoms with E-state index in [9.17, 15) is 37.5 Å². The van der Waals surface area contributed by atoms with Crippen molar-refractivity contribution in [3.05, 3.63) is 269 Å². The maximum absolute atomic E-state index is 14.4. The Hall–Kier alpha value is -9.03. The van der Waals surface area contributed by atoms with Crippen LogP contribution in [0.25, 0.3) is 20.9 Å². The summed E-state index contributed by atoms with van der Waals surface area (Å²) in [6.45, 7) is 8.17. The van der Waals surface area contributed by atoms with Gasteiger partial charge in [-0.15, -0.1) is 22.7 Å². The Kier molecular flexibility index (Phi) is 19.5. The number of nitrogens with two attached hydrogens (primary N) is 1. The first-order valence-corrected chi connectivity index (χ1v) is 30.8. The summed E-state index contributed by atoms with van der Waals surface area (Å²) in [5, 5.41) is 2.49. The number of para-hydroxylation sites is 2. The molecule has 0 spiro atoms. The van der Waals surface area contributed by atoms with Gasteiger partial charge in [-0.2, -0.15) is 0 Å². The zero-order chi connectivity index (χ0) is 63.2. The Morgan fingerprint density at radius 3 is 1.42 bits per heavy atom. The van der Waals surface area contributed by atoms with E-state index in [1.165, 1.54) is 34.8 Å². The second-order valence-electron chi connectivity index (χ2n) is 21.3. The average Bonchev–Trinajstić information content (AvgIpc) is 1.74. The Balaban J connectivity index is 0.000000171. The molecule has 4 aromatic heterocycles. The van der Waals surface area contributed by atoms with E-state index >= 15 is 0 Å². The molecular weight excluding hydrogens is 1230 g/mol. The van der Waals surface area contributed by atoms with Gasteiger partial charge in [0, 0.05) is 81.7 Å². The van der Waals surface area contributed by atoms with E-state index in [0.29, 0.717) is 69.3 Å². The molecule has 0 saturated heterocycles. The number of nitrogen functional groups attached to an aromatic ring is 1. The van der Waals surface area contributed by atoms with Crippen molar-refractivity contribution in [2.45, 2.75) is 53.4 Å². The maximum Gasteiger partial charge on any atom is 0.258 e. The van der Waals surface area contributed by atoms with Crippen LogP contribution in [0.3, 0.4) is 0 Å². The second-order valence-corrected chi connectivity index (χ2v) is 24.4. The Morgan fingerprint density at radius 2 is 0.978 bits per heavy atom. The van der Waals surface area contributed by atoms with E-state index in [4.69, 9.17) is 40.5 Å². The lowest BCUT2D eigenvalue weighted by Crippen LogP contribution is -2.32. The first kappa shape index (κ1) is 63.0. The first-order chi connectivity index (χ1) is 42.7. The average molecular weight is 1280 g/mol. The van der Waals surface area contributed by atoms with E-state index in [2.05, 4.69) is 15.3 Å². The number of fused-ring (bicyclic) bond motifs is 6. The fourth-order valence-corrected chi connectivity index (χ4v) is 13.3.